The van der Waals surface area contributed by atoms with E-state index in [4.69, 9.17) is 9.47 Å². The lowest BCUT2D eigenvalue weighted by Crippen LogP contribution is -2.43. The van der Waals surface area contributed by atoms with Crippen molar-refractivity contribution in [3.63, 3.8) is 0 Å². The highest BCUT2D eigenvalue weighted by molar-refractivity contribution is 7.89. The highest BCUT2D eigenvalue weighted by Gasteiger charge is 2.29. The third-order valence-electron chi connectivity index (χ3n) is 5.85. The minimum absolute atomic E-state index is 0.136. The predicted molar refractivity (Wildman–Crippen MR) is 118 cm³/mol. The fourth-order valence-corrected chi connectivity index (χ4v) is 5.29. The number of nitrogens with zero attached hydrogens (tertiary/aromatic N) is 3. The van der Waals surface area contributed by atoms with Gasteiger partial charge in [0.05, 0.1) is 26.4 Å². The van der Waals surface area contributed by atoms with Gasteiger partial charge in [-0.25, -0.2) is 8.42 Å². The molecule has 0 atom stereocenters. The molecule has 3 heterocycles. The van der Waals surface area contributed by atoms with E-state index in [9.17, 15) is 13.2 Å². The fourth-order valence-electron chi connectivity index (χ4n) is 3.88. The first kappa shape index (κ1) is 24.2. The lowest BCUT2D eigenvalue weighted by Gasteiger charge is -2.30. The molecule has 2 aliphatic heterocycles. The van der Waals surface area contributed by atoms with Crippen molar-refractivity contribution in [3.05, 3.63) is 18.0 Å². The maximum atomic E-state index is 13.2. The van der Waals surface area contributed by atoms with Crippen LogP contribution in [0.3, 0.4) is 0 Å². The molecular formula is C21H36N4O5S. The summed E-state index contributed by atoms with van der Waals surface area (Å²) in [5.74, 6) is -0.145. The van der Waals surface area contributed by atoms with Gasteiger partial charge in [-0.2, -0.15) is 4.31 Å². The number of carbonyl (C=O) groups excluding carboxylic acids is 1. The van der Waals surface area contributed by atoms with Crippen molar-refractivity contribution in [1.82, 2.24) is 19.1 Å². The Morgan fingerprint density at radius 1 is 1.03 bits per heavy atom. The molecule has 1 aromatic rings. The average Bonchev–Trinajstić information content (AvgIpc) is 3.31. The number of aromatic amines is 1. The zero-order valence-corrected chi connectivity index (χ0v) is 19.4. The van der Waals surface area contributed by atoms with Crippen molar-refractivity contribution in [3.8, 4) is 0 Å². The molecule has 31 heavy (non-hydrogen) atoms. The summed E-state index contributed by atoms with van der Waals surface area (Å²) in [7, 11) is -3.62. The number of amides is 1. The van der Waals surface area contributed by atoms with Gasteiger partial charge >= 0.3 is 0 Å². The van der Waals surface area contributed by atoms with Crippen LogP contribution in [0.4, 0.5) is 0 Å². The lowest BCUT2D eigenvalue weighted by atomic mass is 10.2. The molecule has 1 amide bonds. The Hall–Kier alpha value is -1.46. The molecule has 0 unspecified atom stereocenters. The maximum Gasteiger partial charge on any atom is 0.270 e. The number of aromatic nitrogens is 1. The van der Waals surface area contributed by atoms with Gasteiger partial charge in [-0.15, -0.1) is 0 Å². The summed E-state index contributed by atoms with van der Waals surface area (Å²) in [6.45, 7) is 8.91. The Balaban J connectivity index is 1.65. The standard InChI is InChI=1S/C21H36N4O5S/c1-2-3-4-5-6-24(8-7-23-9-13-29-14-10-23)21(26)20-17-19(18-22-20)31(27,28)25-11-15-30-16-12-25/h17-18,22H,2-16H2,1H3. The highest BCUT2D eigenvalue weighted by atomic mass is 32.2. The molecule has 2 saturated heterocycles. The SMILES string of the molecule is CCCCCCN(CCN1CCOCC1)C(=O)c1cc(S(=O)(=O)N2CCOCC2)c[nH]1. The first-order valence-corrected chi connectivity index (χ1v) is 12.8. The fraction of sp³-hybridized carbons (Fsp3) is 0.762. The normalized spacial score (nSPS) is 18.9. The van der Waals surface area contributed by atoms with Crippen molar-refractivity contribution in [1.29, 1.82) is 0 Å². The molecular weight excluding hydrogens is 420 g/mol. The molecule has 0 aliphatic carbocycles. The van der Waals surface area contributed by atoms with Crippen LogP contribution in [-0.4, -0.2) is 106 Å². The molecule has 2 aliphatic rings. The summed E-state index contributed by atoms with van der Waals surface area (Å²) in [5.41, 5.74) is 0.323. The van der Waals surface area contributed by atoms with Crippen LogP contribution in [0.2, 0.25) is 0 Å². The van der Waals surface area contributed by atoms with Crippen molar-refractivity contribution in [2.45, 2.75) is 37.5 Å². The Labute approximate surface area is 185 Å². The van der Waals surface area contributed by atoms with Crippen LogP contribution in [0, 0.1) is 0 Å². The molecule has 1 aromatic heterocycles. The van der Waals surface area contributed by atoms with E-state index >= 15 is 0 Å². The molecule has 0 saturated carbocycles. The number of sulfonamides is 1. The number of ether oxygens (including phenoxy) is 2. The van der Waals surface area contributed by atoms with Crippen molar-refractivity contribution in [2.24, 2.45) is 0 Å². The van der Waals surface area contributed by atoms with Crippen LogP contribution in [0.1, 0.15) is 43.1 Å². The van der Waals surface area contributed by atoms with E-state index in [1.807, 2.05) is 4.90 Å². The minimum atomic E-state index is -3.62. The molecule has 0 bridgehead atoms. The molecule has 176 valence electrons. The summed E-state index contributed by atoms with van der Waals surface area (Å²) >= 11 is 0. The van der Waals surface area contributed by atoms with Crippen molar-refractivity contribution in [2.75, 3.05) is 72.2 Å². The Morgan fingerprint density at radius 2 is 1.71 bits per heavy atom. The summed E-state index contributed by atoms with van der Waals surface area (Å²) in [5, 5.41) is 0. The number of nitrogens with one attached hydrogen (secondary N) is 1. The third-order valence-corrected chi connectivity index (χ3v) is 7.73. The van der Waals surface area contributed by atoms with E-state index in [-0.39, 0.29) is 10.8 Å². The zero-order chi connectivity index (χ0) is 22.1. The quantitative estimate of drug-likeness (QED) is 0.506. The zero-order valence-electron chi connectivity index (χ0n) is 18.6. The number of rotatable bonds is 11. The lowest BCUT2D eigenvalue weighted by molar-refractivity contribution is 0.0323. The Kier molecular flexibility index (Phi) is 9.33. The first-order chi connectivity index (χ1) is 15.0. The van der Waals surface area contributed by atoms with Crippen LogP contribution in [0.25, 0.3) is 0 Å². The van der Waals surface area contributed by atoms with Gasteiger partial charge in [-0.3, -0.25) is 9.69 Å². The Bertz CT molecular complexity index is 785. The molecule has 10 heteroatoms. The van der Waals surface area contributed by atoms with Gasteiger partial charge in [0.2, 0.25) is 10.0 Å². The summed E-state index contributed by atoms with van der Waals surface area (Å²) in [6.07, 6.45) is 5.74. The molecule has 1 N–H and O–H groups in total. The molecule has 0 radical (unpaired) electrons. The largest absolute Gasteiger partial charge is 0.379 e. The van der Waals surface area contributed by atoms with Gasteiger partial charge in [-0.1, -0.05) is 26.2 Å². The second-order valence-electron chi connectivity index (χ2n) is 8.07. The van der Waals surface area contributed by atoms with E-state index in [0.717, 1.165) is 58.5 Å². The van der Waals surface area contributed by atoms with E-state index in [2.05, 4.69) is 16.8 Å². The number of hydrogen-bond donors (Lipinski definition) is 1. The van der Waals surface area contributed by atoms with Crippen molar-refractivity contribution >= 4 is 15.9 Å². The van der Waals surface area contributed by atoms with Crippen molar-refractivity contribution < 1.29 is 22.7 Å². The maximum absolute atomic E-state index is 13.2. The van der Waals surface area contributed by atoms with E-state index < -0.39 is 10.0 Å². The van der Waals surface area contributed by atoms with Gasteiger partial charge in [0.25, 0.3) is 5.91 Å². The van der Waals surface area contributed by atoms with Crippen LogP contribution < -0.4 is 0 Å². The molecule has 9 nitrogen and oxygen atoms in total. The van der Waals surface area contributed by atoms with Gasteiger partial charge in [0.1, 0.15) is 10.6 Å². The molecule has 0 spiro atoms. The average molecular weight is 457 g/mol. The van der Waals surface area contributed by atoms with Crippen LogP contribution in [0.5, 0.6) is 0 Å². The Morgan fingerprint density at radius 3 is 2.39 bits per heavy atom. The third kappa shape index (κ3) is 6.76. The van der Waals surface area contributed by atoms with Gasteiger partial charge in [0, 0.05) is 52.0 Å². The summed E-state index contributed by atoms with van der Waals surface area (Å²) in [4.78, 5) is 20.4. The second kappa shape index (κ2) is 12.0. The van der Waals surface area contributed by atoms with Gasteiger partial charge in [0.15, 0.2) is 0 Å². The number of morpholine rings is 2. The van der Waals surface area contributed by atoms with Crippen LogP contribution in [-0.2, 0) is 19.5 Å². The first-order valence-electron chi connectivity index (χ1n) is 11.4. The summed E-state index contributed by atoms with van der Waals surface area (Å²) < 4.78 is 37.8. The van der Waals surface area contributed by atoms with Crippen LogP contribution in [0.15, 0.2) is 17.2 Å². The topological polar surface area (TPSA) is 95.2 Å². The monoisotopic (exact) mass is 456 g/mol. The summed E-state index contributed by atoms with van der Waals surface area (Å²) in [6, 6.07) is 1.47. The molecule has 3 rings (SSSR count). The number of hydrogen-bond acceptors (Lipinski definition) is 6. The second-order valence-corrected chi connectivity index (χ2v) is 10.0. The minimum Gasteiger partial charge on any atom is -0.379 e. The number of unbranched alkanes of at least 4 members (excludes halogenated alkanes) is 3. The highest BCUT2D eigenvalue weighted by Crippen LogP contribution is 2.19. The number of H-pyrrole nitrogens is 1. The number of carbonyl (C=O) groups is 1. The predicted octanol–water partition coefficient (Wildman–Crippen LogP) is 1.39. The van der Waals surface area contributed by atoms with E-state index in [1.54, 1.807) is 0 Å². The van der Waals surface area contributed by atoms with E-state index in [1.165, 1.54) is 16.6 Å². The van der Waals surface area contributed by atoms with E-state index in [0.29, 0.717) is 45.1 Å². The van der Waals surface area contributed by atoms with Crippen LogP contribution >= 0.6 is 0 Å². The van der Waals surface area contributed by atoms with Gasteiger partial charge in [-0.05, 0) is 12.5 Å². The molecule has 0 aromatic carbocycles. The smallest absolute Gasteiger partial charge is 0.270 e. The molecule has 2 fully saturated rings. The van der Waals surface area contributed by atoms with Gasteiger partial charge < -0.3 is 19.4 Å².